The topological polar surface area (TPSA) is 32.3 Å². The van der Waals surface area contributed by atoms with Gasteiger partial charge in [-0.25, -0.2) is 0 Å². The van der Waals surface area contributed by atoms with E-state index in [-0.39, 0.29) is 6.04 Å². The predicted octanol–water partition coefficient (Wildman–Crippen LogP) is 1.78. The molecule has 1 unspecified atom stereocenters. The Morgan fingerprint density at radius 3 is 2.62 bits per heavy atom. The second kappa shape index (κ2) is 5.67. The second-order valence-electron chi connectivity index (χ2n) is 5.35. The highest BCUT2D eigenvalue weighted by Gasteiger charge is 2.24. The van der Waals surface area contributed by atoms with E-state index < -0.39 is 0 Å². The van der Waals surface area contributed by atoms with Gasteiger partial charge in [-0.2, -0.15) is 0 Å². The van der Waals surface area contributed by atoms with Gasteiger partial charge in [0.25, 0.3) is 0 Å². The second-order valence-corrected chi connectivity index (χ2v) is 5.35. The third-order valence-corrected chi connectivity index (χ3v) is 4.08. The van der Waals surface area contributed by atoms with Crippen LogP contribution in [0.3, 0.4) is 0 Å². The molecule has 1 heterocycles. The van der Waals surface area contributed by atoms with Gasteiger partial charge in [0, 0.05) is 13.6 Å². The summed E-state index contributed by atoms with van der Waals surface area (Å²) in [6.07, 6.45) is 8.79. The van der Waals surface area contributed by atoms with Crippen LogP contribution in [0.1, 0.15) is 44.9 Å². The molecule has 3 nitrogen and oxygen atoms in total. The van der Waals surface area contributed by atoms with Crippen LogP contribution in [0, 0.1) is 5.92 Å². The van der Waals surface area contributed by atoms with Gasteiger partial charge in [-0.05, 0) is 31.7 Å². The molecule has 1 saturated heterocycles. The van der Waals surface area contributed by atoms with Crippen molar-refractivity contribution in [2.45, 2.75) is 51.0 Å². The number of piperidine rings is 1. The van der Waals surface area contributed by atoms with E-state index in [4.69, 9.17) is 0 Å². The molecule has 1 aliphatic carbocycles. The summed E-state index contributed by atoms with van der Waals surface area (Å²) >= 11 is 0. The maximum Gasteiger partial charge on any atom is 0.239 e. The van der Waals surface area contributed by atoms with Gasteiger partial charge >= 0.3 is 0 Å². The Balaban J connectivity index is 1.69. The lowest BCUT2D eigenvalue weighted by atomic mass is 9.83. The van der Waals surface area contributed by atoms with Crippen molar-refractivity contribution in [2.24, 2.45) is 5.92 Å². The van der Waals surface area contributed by atoms with Crippen LogP contribution in [0.2, 0.25) is 0 Å². The lowest BCUT2D eigenvalue weighted by Gasteiger charge is -2.30. The van der Waals surface area contributed by atoms with E-state index in [0.29, 0.717) is 5.91 Å². The number of hydrogen-bond donors (Lipinski definition) is 1. The van der Waals surface area contributed by atoms with E-state index in [2.05, 4.69) is 5.32 Å². The molecule has 2 fully saturated rings. The zero-order valence-corrected chi connectivity index (χ0v) is 10.4. The summed E-state index contributed by atoms with van der Waals surface area (Å²) in [5.41, 5.74) is 0. The number of carbonyl (C=O) groups is 1. The van der Waals surface area contributed by atoms with Crippen molar-refractivity contribution in [2.75, 3.05) is 20.1 Å². The van der Waals surface area contributed by atoms with Gasteiger partial charge in [0.2, 0.25) is 5.91 Å². The van der Waals surface area contributed by atoms with E-state index in [1.54, 1.807) is 0 Å². The molecule has 0 aromatic carbocycles. The number of hydrogen-bond acceptors (Lipinski definition) is 2. The largest absolute Gasteiger partial charge is 0.344 e. The number of nitrogens with zero attached hydrogens (tertiary/aromatic N) is 1. The van der Waals surface area contributed by atoms with Crippen molar-refractivity contribution >= 4 is 5.91 Å². The van der Waals surface area contributed by atoms with Gasteiger partial charge in [0.05, 0.1) is 6.04 Å². The van der Waals surface area contributed by atoms with Crippen LogP contribution in [-0.4, -0.2) is 37.0 Å². The van der Waals surface area contributed by atoms with Gasteiger partial charge < -0.3 is 10.2 Å². The van der Waals surface area contributed by atoms with Crippen molar-refractivity contribution in [1.29, 1.82) is 0 Å². The molecule has 1 N–H and O–H groups in total. The van der Waals surface area contributed by atoms with Crippen LogP contribution < -0.4 is 5.32 Å². The zero-order valence-electron chi connectivity index (χ0n) is 10.4. The van der Waals surface area contributed by atoms with Crippen LogP contribution in [0.4, 0.5) is 0 Å². The van der Waals surface area contributed by atoms with E-state index in [1.165, 1.54) is 38.5 Å². The summed E-state index contributed by atoms with van der Waals surface area (Å²) in [5.74, 6) is 1.20. The molecule has 2 rings (SSSR count). The normalized spacial score (nSPS) is 26.2. The summed E-state index contributed by atoms with van der Waals surface area (Å²) in [6, 6.07) is 0.0974. The summed E-state index contributed by atoms with van der Waals surface area (Å²) in [7, 11) is 1.96. The molecule has 1 atom stereocenters. The number of carbonyl (C=O) groups excluding carboxylic acids is 1. The van der Waals surface area contributed by atoms with Gasteiger partial charge in [0.1, 0.15) is 0 Å². The number of amides is 1. The van der Waals surface area contributed by atoms with Gasteiger partial charge in [-0.15, -0.1) is 0 Å². The Hall–Kier alpha value is -0.570. The van der Waals surface area contributed by atoms with Crippen LogP contribution in [0.25, 0.3) is 0 Å². The van der Waals surface area contributed by atoms with Crippen molar-refractivity contribution in [1.82, 2.24) is 10.2 Å². The third kappa shape index (κ3) is 2.97. The first-order valence-electron chi connectivity index (χ1n) is 6.76. The molecule has 1 aliphatic heterocycles. The number of nitrogens with one attached hydrogen (secondary N) is 1. The van der Waals surface area contributed by atoms with Crippen LogP contribution in [0.5, 0.6) is 0 Å². The molecule has 16 heavy (non-hydrogen) atoms. The maximum atomic E-state index is 12.1. The Morgan fingerprint density at radius 1 is 1.25 bits per heavy atom. The van der Waals surface area contributed by atoms with Gasteiger partial charge in [-0.3, -0.25) is 4.79 Å². The number of likely N-dealkylation sites (N-methyl/N-ethyl adjacent to an activating group) is 1. The summed E-state index contributed by atoms with van der Waals surface area (Å²) in [4.78, 5) is 14.0. The first-order chi connectivity index (χ1) is 7.77. The predicted molar refractivity (Wildman–Crippen MR) is 65.2 cm³/mol. The van der Waals surface area contributed by atoms with Gasteiger partial charge in [0.15, 0.2) is 0 Å². The molecule has 1 saturated carbocycles. The Labute approximate surface area is 98.6 Å². The molecule has 3 heteroatoms. The molecule has 0 bridgehead atoms. The molecule has 2 aliphatic rings. The van der Waals surface area contributed by atoms with Crippen molar-refractivity contribution in [3.8, 4) is 0 Å². The lowest BCUT2D eigenvalue weighted by molar-refractivity contribution is -0.132. The van der Waals surface area contributed by atoms with Crippen LogP contribution in [-0.2, 0) is 4.79 Å². The summed E-state index contributed by atoms with van der Waals surface area (Å²) < 4.78 is 0. The zero-order chi connectivity index (χ0) is 11.4. The number of rotatable bonds is 4. The minimum atomic E-state index is 0.0974. The maximum absolute atomic E-state index is 12.1. The molecule has 1 amide bonds. The van der Waals surface area contributed by atoms with E-state index >= 15 is 0 Å². The Morgan fingerprint density at radius 2 is 2.06 bits per heavy atom. The highest BCUT2D eigenvalue weighted by molar-refractivity contribution is 5.81. The fourth-order valence-corrected chi connectivity index (χ4v) is 2.60. The highest BCUT2D eigenvalue weighted by Crippen LogP contribution is 2.29. The molecular formula is C13H24N2O. The molecule has 0 radical (unpaired) electrons. The standard InChI is InChI=1S/C13H24N2O/c1-15(10-8-11-5-4-6-11)13(16)12-7-2-3-9-14-12/h11-12,14H,2-10H2,1H3. The van der Waals surface area contributed by atoms with Crippen LogP contribution >= 0.6 is 0 Å². The fraction of sp³-hybridized carbons (Fsp3) is 0.923. The van der Waals surface area contributed by atoms with Crippen molar-refractivity contribution in [3.05, 3.63) is 0 Å². The smallest absolute Gasteiger partial charge is 0.239 e. The third-order valence-electron chi connectivity index (χ3n) is 4.08. The van der Waals surface area contributed by atoms with Gasteiger partial charge in [-0.1, -0.05) is 25.7 Å². The molecule has 0 aromatic heterocycles. The molecule has 92 valence electrons. The minimum absolute atomic E-state index is 0.0974. The fourth-order valence-electron chi connectivity index (χ4n) is 2.60. The summed E-state index contributed by atoms with van der Waals surface area (Å²) in [5, 5.41) is 3.32. The Bertz CT molecular complexity index is 232. The van der Waals surface area contributed by atoms with Crippen molar-refractivity contribution < 1.29 is 4.79 Å². The SMILES string of the molecule is CN(CCC1CCC1)C(=O)C1CCCCN1. The molecular weight excluding hydrogens is 200 g/mol. The monoisotopic (exact) mass is 224 g/mol. The van der Waals surface area contributed by atoms with E-state index in [0.717, 1.165) is 25.4 Å². The first-order valence-corrected chi connectivity index (χ1v) is 6.76. The van der Waals surface area contributed by atoms with Crippen LogP contribution in [0.15, 0.2) is 0 Å². The van der Waals surface area contributed by atoms with Crippen molar-refractivity contribution in [3.63, 3.8) is 0 Å². The Kier molecular flexibility index (Phi) is 4.22. The first kappa shape index (κ1) is 11.9. The average molecular weight is 224 g/mol. The average Bonchev–Trinajstić information content (AvgIpc) is 2.27. The molecule has 0 aromatic rings. The van der Waals surface area contributed by atoms with E-state index in [9.17, 15) is 4.79 Å². The lowest BCUT2D eigenvalue weighted by Crippen LogP contribution is -2.47. The van der Waals surface area contributed by atoms with E-state index in [1.807, 2.05) is 11.9 Å². The minimum Gasteiger partial charge on any atom is -0.344 e. The summed E-state index contributed by atoms with van der Waals surface area (Å²) in [6.45, 7) is 1.95. The highest BCUT2D eigenvalue weighted by atomic mass is 16.2. The quantitative estimate of drug-likeness (QED) is 0.789. The molecule has 0 spiro atoms.